The van der Waals surface area contributed by atoms with E-state index in [0.717, 1.165) is 28.5 Å². The number of hydrogen-bond acceptors (Lipinski definition) is 8. The van der Waals surface area contributed by atoms with Gasteiger partial charge in [-0.1, -0.05) is 12.1 Å². The molecule has 2 aromatic heterocycles. The highest BCUT2D eigenvalue weighted by atomic mass is 32.1. The first-order valence-electron chi connectivity index (χ1n) is 10.0. The number of fused-ring (bicyclic) bond motifs is 1. The molecule has 0 saturated heterocycles. The second-order valence-electron chi connectivity index (χ2n) is 7.27. The lowest BCUT2D eigenvalue weighted by molar-refractivity contribution is 0.0469. The van der Waals surface area contributed by atoms with Gasteiger partial charge in [-0.05, 0) is 37.6 Å². The van der Waals surface area contributed by atoms with Crippen molar-refractivity contribution in [2.75, 3.05) is 25.3 Å². The molecule has 0 radical (unpaired) electrons. The molecule has 8 nitrogen and oxygen atoms in total. The number of carbonyl (C=O) groups is 2. The van der Waals surface area contributed by atoms with Crippen molar-refractivity contribution >= 4 is 28.2 Å². The van der Waals surface area contributed by atoms with E-state index >= 15 is 0 Å². The molecule has 0 saturated carbocycles. The van der Waals surface area contributed by atoms with Crippen LogP contribution in [0.1, 0.15) is 37.8 Å². The molecule has 1 aliphatic rings. The minimum absolute atomic E-state index is 0.169. The van der Waals surface area contributed by atoms with Gasteiger partial charge < -0.3 is 24.1 Å². The summed E-state index contributed by atoms with van der Waals surface area (Å²) >= 11 is 1.29. The Bertz CT molecular complexity index is 1180. The molecule has 0 fully saturated rings. The third-order valence-electron chi connectivity index (χ3n) is 5.10. The predicted molar refractivity (Wildman–Crippen MR) is 121 cm³/mol. The van der Waals surface area contributed by atoms with Crippen molar-refractivity contribution in [2.24, 2.45) is 0 Å². The molecule has 0 amide bonds. The fourth-order valence-corrected chi connectivity index (χ4v) is 4.13. The standard InChI is InChI=1S/C23H23N3O5S/c1-4-7-24-23-25-18(12-32-23)22(28)29-11-19(27)17-8-14(2)26(15(17)3)10-16-5-6-20-21(9-16)31-13-30-20/h4-6,8-9,12H,1,7,10-11,13H2,2-3H3,(H,24,25). The lowest BCUT2D eigenvalue weighted by Crippen LogP contribution is -2.15. The van der Waals surface area contributed by atoms with Gasteiger partial charge >= 0.3 is 5.97 Å². The first-order chi connectivity index (χ1) is 15.5. The van der Waals surface area contributed by atoms with Gasteiger partial charge in [0.2, 0.25) is 12.6 Å². The minimum atomic E-state index is -0.629. The maximum Gasteiger partial charge on any atom is 0.358 e. The molecule has 0 atom stereocenters. The van der Waals surface area contributed by atoms with Crippen molar-refractivity contribution in [3.05, 3.63) is 70.5 Å². The van der Waals surface area contributed by atoms with E-state index in [1.165, 1.54) is 11.3 Å². The first kappa shape index (κ1) is 21.6. The molecule has 0 bridgehead atoms. The average Bonchev–Trinajstić information content (AvgIpc) is 3.51. The number of ketones is 1. The Kier molecular flexibility index (Phi) is 6.27. The Morgan fingerprint density at radius 1 is 1.28 bits per heavy atom. The van der Waals surface area contributed by atoms with E-state index in [4.69, 9.17) is 14.2 Å². The molecule has 0 aliphatic carbocycles. The monoisotopic (exact) mass is 453 g/mol. The number of anilines is 1. The minimum Gasteiger partial charge on any atom is -0.454 e. The van der Waals surface area contributed by atoms with Crippen LogP contribution in [0.4, 0.5) is 5.13 Å². The zero-order valence-corrected chi connectivity index (χ0v) is 18.7. The smallest absolute Gasteiger partial charge is 0.358 e. The van der Waals surface area contributed by atoms with Gasteiger partial charge in [-0.3, -0.25) is 4.79 Å². The molecule has 166 valence electrons. The van der Waals surface area contributed by atoms with Crippen molar-refractivity contribution in [1.29, 1.82) is 0 Å². The molecule has 0 spiro atoms. The van der Waals surface area contributed by atoms with Gasteiger partial charge in [0.05, 0.1) is 0 Å². The maximum atomic E-state index is 12.8. The number of Topliss-reactive ketones (excluding diaryl/α,β-unsaturated/α-hetero) is 1. The molecule has 3 heterocycles. The SMILES string of the molecule is C=CCNc1nc(C(=O)OCC(=O)c2cc(C)n(Cc3ccc4c(c3)OCO4)c2C)cs1. The molecule has 1 aliphatic heterocycles. The summed E-state index contributed by atoms with van der Waals surface area (Å²) in [6.07, 6.45) is 1.70. The molecule has 3 aromatic rings. The molecule has 32 heavy (non-hydrogen) atoms. The number of carbonyl (C=O) groups excluding carboxylic acids is 2. The van der Waals surface area contributed by atoms with Crippen LogP contribution in [0.25, 0.3) is 0 Å². The fourth-order valence-electron chi connectivity index (χ4n) is 3.44. The zero-order chi connectivity index (χ0) is 22.7. The van der Waals surface area contributed by atoms with Crippen molar-refractivity contribution < 1.29 is 23.8 Å². The summed E-state index contributed by atoms with van der Waals surface area (Å²) in [5, 5.41) is 5.19. The normalized spacial score (nSPS) is 11.9. The topological polar surface area (TPSA) is 91.7 Å². The fraction of sp³-hybridized carbons (Fsp3) is 0.261. The van der Waals surface area contributed by atoms with Gasteiger partial charge in [-0.25, -0.2) is 9.78 Å². The summed E-state index contributed by atoms with van der Waals surface area (Å²) in [6, 6.07) is 7.62. The molecule has 1 aromatic carbocycles. The van der Waals surface area contributed by atoms with Crippen LogP contribution < -0.4 is 14.8 Å². The number of aromatic nitrogens is 2. The Labute approximate surface area is 189 Å². The van der Waals surface area contributed by atoms with Crippen molar-refractivity contribution in [3.8, 4) is 11.5 Å². The van der Waals surface area contributed by atoms with Crippen LogP contribution >= 0.6 is 11.3 Å². The number of thiazole rings is 1. The van der Waals surface area contributed by atoms with Gasteiger partial charge in [-0.15, -0.1) is 17.9 Å². The highest BCUT2D eigenvalue weighted by Crippen LogP contribution is 2.33. The third-order valence-corrected chi connectivity index (χ3v) is 5.90. The summed E-state index contributed by atoms with van der Waals surface area (Å²) in [6.45, 7) is 8.45. The maximum absolute atomic E-state index is 12.8. The second kappa shape index (κ2) is 9.27. The number of rotatable bonds is 9. The van der Waals surface area contributed by atoms with Gasteiger partial charge in [0.15, 0.2) is 28.9 Å². The number of hydrogen-bond donors (Lipinski definition) is 1. The van der Waals surface area contributed by atoms with E-state index < -0.39 is 5.97 Å². The average molecular weight is 454 g/mol. The molecular formula is C23H23N3O5S. The van der Waals surface area contributed by atoms with Crippen molar-refractivity contribution in [1.82, 2.24) is 9.55 Å². The van der Waals surface area contributed by atoms with Gasteiger partial charge in [-0.2, -0.15) is 0 Å². The lowest BCUT2D eigenvalue weighted by Gasteiger charge is -2.11. The van der Waals surface area contributed by atoms with Crippen molar-refractivity contribution in [2.45, 2.75) is 20.4 Å². The summed E-state index contributed by atoms with van der Waals surface area (Å²) < 4.78 is 18.1. The largest absolute Gasteiger partial charge is 0.454 e. The number of ether oxygens (including phenoxy) is 3. The number of nitrogens with zero attached hydrogens (tertiary/aromatic N) is 2. The van der Waals surface area contributed by atoms with Gasteiger partial charge in [0.25, 0.3) is 0 Å². The Balaban J connectivity index is 1.40. The van der Waals surface area contributed by atoms with Crippen LogP contribution in [0.2, 0.25) is 0 Å². The molecule has 1 N–H and O–H groups in total. The Morgan fingerprint density at radius 2 is 2.09 bits per heavy atom. The van der Waals surface area contributed by atoms with E-state index in [0.29, 0.717) is 23.8 Å². The van der Waals surface area contributed by atoms with Crippen LogP contribution in [0.5, 0.6) is 11.5 Å². The Hall–Kier alpha value is -3.59. The van der Waals surface area contributed by atoms with Crippen molar-refractivity contribution in [3.63, 3.8) is 0 Å². The molecular weight excluding hydrogens is 430 g/mol. The number of esters is 1. The second-order valence-corrected chi connectivity index (χ2v) is 8.12. The summed E-state index contributed by atoms with van der Waals surface area (Å²) in [5.74, 6) is 0.563. The summed E-state index contributed by atoms with van der Waals surface area (Å²) in [4.78, 5) is 29.2. The van der Waals surface area contributed by atoms with E-state index in [1.807, 2.05) is 42.7 Å². The van der Waals surface area contributed by atoms with Crippen LogP contribution in [-0.4, -0.2) is 41.2 Å². The number of nitrogens with one attached hydrogen (secondary N) is 1. The van der Waals surface area contributed by atoms with Gasteiger partial charge in [0, 0.05) is 35.4 Å². The molecule has 4 rings (SSSR count). The predicted octanol–water partition coefficient (Wildman–Crippen LogP) is 3.98. The Morgan fingerprint density at radius 3 is 2.91 bits per heavy atom. The van der Waals surface area contributed by atoms with E-state index in [9.17, 15) is 9.59 Å². The molecule has 9 heteroatoms. The van der Waals surface area contributed by atoms with E-state index in [1.54, 1.807) is 11.5 Å². The zero-order valence-electron chi connectivity index (χ0n) is 17.8. The third kappa shape index (κ3) is 4.52. The highest BCUT2D eigenvalue weighted by molar-refractivity contribution is 7.13. The van der Waals surface area contributed by atoms with Crippen LogP contribution in [0.3, 0.4) is 0 Å². The highest BCUT2D eigenvalue weighted by Gasteiger charge is 2.20. The first-order valence-corrected chi connectivity index (χ1v) is 10.9. The summed E-state index contributed by atoms with van der Waals surface area (Å²) in [5.41, 5.74) is 3.48. The molecule has 0 unspecified atom stereocenters. The summed E-state index contributed by atoms with van der Waals surface area (Å²) in [7, 11) is 0. The van der Waals surface area contributed by atoms with E-state index in [-0.39, 0.29) is 24.9 Å². The van der Waals surface area contributed by atoms with Crippen LogP contribution in [-0.2, 0) is 11.3 Å². The quantitative estimate of drug-likeness (QED) is 0.298. The van der Waals surface area contributed by atoms with Crippen LogP contribution in [0.15, 0.2) is 42.3 Å². The number of aryl methyl sites for hydroxylation is 1. The number of benzene rings is 1. The van der Waals surface area contributed by atoms with Gasteiger partial charge in [0.1, 0.15) is 0 Å². The van der Waals surface area contributed by atoms with Crippen LogP contribution in [0, 0.1) is 13.8 Å². The van der Waals surface area contributed by atoms with E-state index in [2.05, 4.69) is 16.9 Å². The lowest BCUT2D eigenvalue weighted by atomic mass is 10.1.